The predicted molar refractivity (Wildman–Crippen MR) is 48.1 cm³/mol. The monoisotopic (exact) mass is 188 g/mol. The summed E-state index contributed by atoms with van der Waals surface area (Å²) in [6.45, 7) is 4.87. The van der Waals surface area contributed by atoms with Gasteiger partial charge < -0.3 is 14.9 Å². The summed E-state index contributed by atoms with van der Waals surface area (Å²) in [5.41, 5.74) is -1.19. The number of hydrogen-bond donors (Lipinski definition) is 2. The van der Waals surface area contributed by atoms with E-state index in [1.54, 1.807) is 0 Å². The molecule has 0 radical (unpaired) electrons. The van der Waals surface area contributed by atoms with Gasteiger partial charge in [-0.15, -0.1) is 0 Å². The third-order valence-corrected chi connectivity index (χ3v) is 1.54. The van der Waals surface area contributed by atoms with Gasteiger partial charge in [0.05, 0.1) is 12.0 Å². The molecule has 4 nitrogen and oxygen atoms in total. The van der Waals surface area contributed by atoms with Gasteiger partial charge in [-0.05, 0) is 13.3 Å². The molecule has 0 aromatic heterocycles. The molecule has 0 aliphatic carbocycles. The minimum atomic E-state index is -1.19. The Labute approximate surface area is 77.8 Å². The summed E-state index contributed by atoms with van der Waals surface area (Å²) >= 11 is 0. The summed E-state index contributed by atoms with van der Waals surface area (Å²) in [5.74, 6) is -0.488. The second kappa shape index (κ2) is 5.72. The molecule has 2 N–H and O–H groups in total. The average Bonchev–Trinajstić information content (AvgIpc) is 1.99. The first-order valence-electron chi connectivity index (χ1n) is 4.11. The van der Waals surface area contributed by atoms with Crippen LogP contribution in [0.2, 0.25) is 0 Å². The Morgan fingerprint density at radius 3 is 2.77 bits per heavy atom. The zero-order chi connectivity index (χ0) is 10.3. The zero-order valence-corrected chi connectivity index (χ0v) is 7.82. The van der Waals surface area contributed by atoms with E-state index < -0.39 is 11.6 Å². The van der Waals surface area contributed by atoms with Crippen LogP contribution in [0.15, 0.2) is 12.7 Å². The SMILES string of the molecule is C=CCOC(=O)C[C@](C)(O)CCO. The third kappa shape index (κ3) is 6.31. The number of aliphatic hydroxyl groups is 2. The molecular weight excluding hydrogens is 172 g/mol. The highest BCUT2D eigenvalue weighted by Crippen LogP contribution is 2.14. The normalized spacial score (nSPS) is 14.7. The van der Waals surface area contributed by atoms with Crippen LogP contribution in [0, 0.1) is 0 Å². The van der Waals surface area contributed by atoms with Crippen LogP contribution in [0.3, 0.4) is 0 Å². The number of rotatable bonds is 6. The number of carbonyl (C=O) groups excluding carboxylic acids is 1. The van der Waals surface area contributed by atoms with Gasteiger partial charge in [-0.2, -0.15) is 0 Å². The topological polar surface area (TPSA) is 66.8 Å². The van der Waals surface area contributed by atoms with Gasteiger partial charge in [-0.3, -0.25) is 4.79 Å². The number of ether oxygens (including phenoxy) is 1. The molecule has 4 heteroatoms. The predicted octanol–water partition coefficient (Wildman–Crippen LogP) is 0.239. The molecule has 0 aromatic rings. The fourth-order valence-corrected chi connectivity index (χ4v) is 0.843. The maximum atomic E-state index is 11.0. The van der Waals surface area contributed by atoms with Crippen molar-refractivity contribution in [1.82, 2.24) is 0 Å². The number of aliphatic hydroxyl groups excluding tert-OH is 1. The van der Waals surface area contributed by atoms with Crippen molar-refractivity contribution in [2.24, 2.45) is 0 Å². The Kier molecular flexibility index (Phi) is 5.34. The second-order valence-electron chi connectivity index (χ2n) is 3.12. The number of carbonyl (C=O) groups is 1. The molecule has 0 spiro atoms. The largest absolute Gasteiger partial charge is 0.461 e. The molecule has 0 amide bonds. The van der Waals surface area contributed by atoms with Crippen LogP contribution in [0.5, 0.6) is 0 Å². The Hall–Kier alpha value is -0.870. The molecular formula is C9H16O4. The van der Waals surface area contributed by atoms with Crippen molar-refractivity contribution in [1.29, 1.82) is 0 Å². The van der Waals surface area contributed by atoms with Crippen molar-refractivity contribution in [3.63, 3.8) is 0 Å². The quantitative estimate of drug-likeness (QED) is 0.463. The van der Waals surface area contributed by atoms with Gasteiger partial charge in [0, 0.05) is 6.61 Å². The molecule has 0 fully saturated rings. The summed E-state index contributed by atoms with van der Waals surface area (Å²) in [4.78, 5) is 11.0. The van der Waals surface area contributed by atoms with Crippen molar-refractivity contribution in [2.45, 2.75) is 25.4 Å². The van der Waals surface area contributed by atoms with Crippen LogP contribution < -0.4 is 0 Å². The Morgan fingerprint density at radius 1 is 1.69 bits per heavy atom. The Bertz CT molecular complexity index is 174. The van der Waals surface area contributed by atoms with Crippen LogP contribution in [0.4, 0.5) is 0 Å². The average molecular weight is 188 g/mol. The first-order valence-corrected chi connectivity index (χ1v) is 4.11. The van der Waals surface area contributed by atoms with E-state index in [-0.39, 0.29) is 26.1 Å². The van der Waals surface area contributed by atoms with Crippen molar-refractivity contribution in [2.75, 3.05) is 13.2 Å². The smallest absolute Gasteiger partial charge is 0.309 e. The molecule has 0 bridgehead atoms. The fraction of sp³-hybridized carbons (Fsp3) is 0.667. The summed E-state index contributed by atoms with van der Waals surface area (Å²) in [6.07, 6.45) is 1.51. The summed E-state index contributed by atoms with van der Waals surface area (Å²) in [6, 6.07) is 0. The van der Waals surface area contributed by atoms with Gasteiger partial charge in [-0.1, -0.05) is 12.7 Å². The lowest BCUT2D eigenvalue weighted by molar-refractivity contribution is -0.147. The summed E-state index contributed by atoms with van der Waals surface area (Å²) in [7, 11) is 0. The third-order valence-electron chi connectivity index (χ3n) is 1.54. The van der Waals surface area contributed by atoms with Crippen molar-refractivity contribution in [3.05, 3.63) is 12.7 Å². The van der Waals surface area contributed by atoms with Crippen LogP contribution in [0.1, 0.15) is 19.8 Å². The zero-order valence-electron chi connectivity index (χ0n) is 7.82. The lowest BCUT2D eigenvalue weighted by Crippen LogP contribution is -2.29. The lowest BCUT2D eigenvalue weighted by atomic mass is 9.99. The van der Waals surface area contributed by atoms with Crippen molar-refractivity contribution >= 4 is 5.97 Å². The Morgan fingerprint density at radius 2 is 2.31 bits per heavy atom. The second-order valence-corrected chi connectivity index (χ2v) is 3.12. The first kappa shape index (κ1) is 12.1. The van der Waals surface area contributed by atoms with E-state index in [1.165, 1.54) is 13.0 Å². The maximum Gasteiger partial charge on any atom is 0.309 e. The van der Waals surface area contributed by atoms with Gasteiger partial charge in [0.25, 0.3) is 0 Å². The van der Waals surface area contributed by atoms with Crippen LogP contribution >= 0.6 is 0 Å². The summed E-state index contributed by atoms with van der Waals surface area (Å²) in [5, 5.41) is 18.1. The van der Waals surface area contributed by atoms with E-state index in [0.717, 1.165) is 0 Å². The standard InChI is InChI=1S/C9H16O4/c1-3-6-13-8(11)7-9(2,12)4-5-10/h3,10,12H,1,4-7H2,2H3/t9-/m1/s1. The molecule has 0 saturated carbocycles. The number of esters is 1. The van der Waals surface area contributed by atoms with E-state index in [2.05, 4.69) is 11.3 Å². The van der Waals surface area contributed by atoms with Crippen LogP contribution in [0.25, 0.3) is 0 Å². The van der Waals surface area contributed by atoms with Gasteiger partial charge >= 0.3 is 5.97 Å². The highest BCUT2D eigenvalue weighted by molar-refractivity contribution is 5.70. The van der Waals surface area contributed by atoms with Gasteiger partial charge in [0.1, 0.15) is 6.61 Å². The maximum absolute atomic E-state index is 11.0. The molecule has 1 atom stereocenters. The molecule has 0 aliphatic rings. The van der Waals surface area contributed by atoms with E-state index >= 15 is 0 Å². The highest BCUT2D eigenvalue weighted by Gasteiger charge is 2.24. The van der Waals surface area contributed by atoms with E-state index in [9.17, 15) is 9.90 Å². The van der Waals surface area contributed by atoms with Crippen LogP contribution in [-0.4, -0.2) is 35.0 Å². The molecule has 13 heavy (non-hydrogen) atoms. The van der Waals surface area contributed by atoms with Crippen LogP contribution in [-0.2, 0) is 9.53 Å². The van der Waals surface area contributed by atoms with Crippen molar-refractivity contribution in [3.8, 4) is 0 Å². The molecule has 0 unspecified atom stereocenters. The lowest BCUT2D eigenvalue weighted by Gasteiger charge is -2.20. The van der Waals surface area contributed by atoms with E-state index in [1.807, 2.05) is 0 Å². The van der Waals surface area contributed by atoms with Gasteiger partial charge in [0.15, 0.2) is 0 Å². The fourth-order valence-electron chi connectivity index (χ4n) is 0.843. The van der Waals surface area contributed by atoms with Gasteiger partial charge in [-0.25, -0.2) is 0 Å². The highest BCUT2D eigenvalue weighted by atomic mass is 16.5. The molecule has 76 valence electrons. The molecule has 0 aromatic carbocycles. The van der Waals surface area contributed by atoms with E-state index in [4.69, 9.17) is 5.11 Å². The van der Waals surface area contributed by atoms with Gasteiger partial charge in [0.2, 0.25) is 0 Å². The minimum absolute atomic E-state index is 0.110. The van der Waals surface area contributed by atoms with Crippen molar-refractivity contribution < 1.29 is 19.7 Å². The number of hydrogen-bond acceptors (Lipinski definition) is 4. The molecule has 0 saturated heterocycles. The van der Waals surface area contributed by atoms with E-state index in [0.29, 0.717) is 0 Å². The molecule has 0 heterocycles. The Balaban J connectivity index is 3.81. The molecule has 0 rings (SSSR count). The first-order chi connectivity index (χ1) is 6.02. The minimum Gasteiger partial charge on any atom is -0.461 e. The summed E-state index contributed by atoms with van der Waals surface area (Å²) < 4.78 is 4.67. The molecule has 0 aliphatic heterocycles.